The summed E-state index contributed by atoms with van der Waals surface area (Å²) < 4.78 is 0. The highest BCUT2D eigenvalue weighted by molar-refractivity contribution is 5.89. The Morgan fingerprint density at radius 1 is 1.21 bits per heavy atom. The van der Waals surface area contributed by atoms with Gasteiger partial charge >= 0.3 is 6.03 Å². The van der Waals surface area contributed by atoms with Crippen molar-refractivity contribution in [3.8, 4) is 0 Å². The summed E-state index contributed by atoms with van der Waals surface area (Å²) in [4.78, 5) is 11.3. The van der Waals surface area contributed by atoms with Crippen LogP contribution in [-0.2, 0) is 0 Å². The zero-order chi connectivity index (χ0) is 10.6. The molecular formula is C11H16N2O. The van der Waals surface area contributed by atoms with Crippen LogP contribution in [0.1, 0.15) is 19.4 Å². The molecule has 0 fully saturated rings. The zero-order valence-electron chi connectivity index (χ0n) is 8.79. The third kappa shape index (κ3) is 3.47. The third-order valence-corrected chi connectivity index (χ3v) is 1.73. The van der Waals surface area contributed by atoms with Gasteiger partial charge in [0, 0.05) is 11.7 Å². The van der Waals surface area contributed by atoms with Crippen LogP contribution in [0.25, 0.3) is 0 Å². The Balaban J connectivity index is 2.52. The molecular weight excluding hydrogens is 176 g/mol. The number of hydrogen-bond donors (Lipinski definition) is 2. The van der Waals surface area contributed by atoms with E-state index in [0.717, 1.165) is 5.69 Å². The topological polar surface area (TPSA) is 41.1 Å². The molecule has 0 bridgehead atoms. The summed E-state index contributed by atoms with van der Waals surface area (Å²) in [5, 5.41) is 5.51. The molecule has 1 rings (SSSR count). The van der Waals surface area contributed by atoms with Gasteiger partial charge in [0.25, 0.3) is 0 Å². The molecule has 76 valence electrons. The maximum Gasteiger partial charge on any atom is 0.319 e. The van der Waals surface area contributed by atoms with Crippen molar-refractivity contribution in [2.24, 2.45) is 0 Å². The number of urea groups is 1. The molecule has 0 spiro atoms. The van der Waals surface area contributed by atoms with Gasteiger partial charge in [-0.1, -0.05) is 17.7 Å². The second kappa shape index (κ2) is 4.65. The Hall–Kier alpha value is -1.51. The maximum atomic E-state index is 11.3. The Morgan fingerprint density at radius 2 is 1.79 bits per heavy atom. The van der Waals surface area contributed by atoms with Crippen molar-refractivity contribution >= 4 is 11.7 Å². The van der Waals surface area contributed by atoms with E-state index in [-0.39, 0.29) is 12.1 Å². The Kier molecular flexibility index (Phi) is 3.51. The highest BCUT2D eigenvalue weighted by atomic mass is 16.2. The number of anilines is 1. The van der Waals surface area contributed by atoms with Gasteiger partial charge in [-0.25, -0.2) is 4.79 Å². The number of nitrogens with one attached hydrogen (secondary N) is 2. The van der Waals surface area contributed by atoms with E-state index in [9.17, 15) is 4.79 Å². The van der Waals surface area contributed by atoms with E-state index in [1.807, 2.05) is 45.0 Å². The summed E-state index contributed by atoms with van der Waals surface area (Å²) in [5.41, 5.74) is 1.99. The van der Waals surface area contributed by atoms with E-state index in [4.69, 9.17) is 0 Å². The van der Waals surface area contributed by atoms with E-state index < -0.39 is 0 Å². The van der Waals surface area contributed by atoms with Crippen molar-refractivity contribution in [1.82, 2.24) is 5.32 Å². The van der Waals surface area contributed by atoms with Crippen molar-refractivity contribution in [2.75, 3.05) is 5.32 Å². The van der Waals surface area contributed by atoms with Crippen LogP contribution in [0.4, 0.5) is 10.5 Å². The summed E-state index contributed by atoms with van der Waals surface area (Å²) in [6.45, 7) is 5.86. The minimum atomic E-state index is -0.163. The van der Waals surface area contributed by atoms with Gasteiger partial charge < -0.3 is 10.6 Å². The number of carbonyl (C=O) groups excluding carboxylic acids is 1. The SMILES string of the molecule is Cc1ccc(NC(=O)NC(C)C)cc1. The molecule has 0 atom stereocenters. The Labute approximate surface area is 84.5 Å². The first-order valence-corrected chi connectivity index (χ1v) is 4.72. The lowest BCUT2D eigenvalue weighted by Gasteiger charge is -2.09. The molecule has 2 amide bonds. The molecule has 0 aliphatic rings. The van der Waals surface area contributed by atoms with Crippen LogP contribution in [0.15, 0.2) is 24.3 Å². The van der Waals surface area contributed by atoms with Gasteiger partial charge in [-0.05, 0) is 32.9 Å². The first-order chi connectivity index (χ1) is 6.58. The van der Waals surface area contributed by atoms with E-state index >= 15 is 0 Å². The van der Waals surface area contributed by atoms with Gasteiger partial charge in [0.05, 0.1) is 0 Å². The summed E-state index contributed by atoms with van der Waals surface area (Å²) in [6.07, 6.45) is 0. The molecule has 1 aromatic carbocycles. The number of benzene rings is 1. The smallest absolute Gasteiger partial charge is 0.319 e. The molecule has 0 aromatic heterocycles. The molecule has 0 saturated carbocycles. The number of amides is 2. The average molecular weight is 192 g/mol. The van der Waals surface area contributed by atoms with Crippen molar-refractivity contribution < 1.29 is 4.79 Å². The first kappa shape index (κ1) is 10.6. The largest absolute Gasteiger partial charge is 0.336 e. The molecule has 0 radical (unpaired) electrons. The molecule has 0 aliphatic carbocycles. The van der Waals surface area contributed by atoms with Crippen LogP contribution in [0.5, 0.6) is 0 Å². The highest BCUT2D eigenvalue weighted by Crippen LogP contribution is 2.07. The lowest BCUT2D eigenvalue weighted by atomic mass is 10.2. The minimum Gasteiger partial charge on any atom is -0.336 e. The van der Waals surface area contributed by atoms with Crippen molar-refractivity contribution in [2.45, 2.75) is 26.8 Å². The van der Waals surface area contributed by atoms with E-state index in [1.54, 1.807) is 0 Å². The number of aryl methyl sites for hydroxylation is 1. The van der Waals surface area contributed by atoms with E-state index in [1.165, 1.54) is 5.56 Å². The van der Waals surface area contributed by atoms with Gasteiger partial charge in [0.2, 0.25) is 0 Å². The third-order valence-electron chi connectivity index (χ3n) is 1.73. The van der Waals surface area contributed by atoms with Crippen LogP contribution in [0, 0.1) is 6.92 Å². The van der Waals surface area contributed by atoms with Gasteiger partial charge in [0.1, 0.15) is 0 Å². The second-order valence-corrected chi connectivity index (χ2v) is 3.62. The van der Waals surface area contributed by atoms with E-state index in [2.05, 4.69) is 10.6 Å². The molecule has 0 aliphatic heterocycles. The summed E-state index contributed by atoms with van der Waals surface area (Å²) in [5.74, 6) is 0. The second-order valence-electron chi connectivity index (χ2n) is 3.62. The predicted molar refractivity (Wildman–Crippen MR) is 58.5 cm³/mol. The molecule has 3 nitrogen and oxygen atoms in total. The quantitative estimate of drug-likeness (QED) is 0.742. The fourth-order valence-electron chi connectivity index (χ4n) is 1.07. The molecule has 1 aromatic rings. The minimum absolute atomic E-state index is 0.153. The van der Waals surface area contributed by atoms with Gasteiger partial charge in [0.15, 0.2) is 0 Å². The van der Waals surface area contributed by atoms with Crippen LogP contribution < -0.4 is 10.6 Å². The van der Waals surface area contributed by atoms with Crippen LogP contribution in [-0.4, -0.2) is 12.1 Å². The zero-order valence-corrected chi connectivity index (χ0v) is 8.79. The van der Waals surface area contributed by atoms with E-state index in [0.29, 0.717) is 0 Å². The predicted octanol–water partition coefficient (Wildman–Crippen LogP) is 2.52. The van der Waals surface area contributed by atoms with Crippen LogP contribution in [0.3, 0.4) is 0 Å². The summed E-state index contributed by atoms with van der Waals surface area (Å²) >= 11 is 0. The lowest BCUT2D eigenvalue weighted by Crippen LogP contribution is -2.34. The number of rotatable bonds is 2. The number of carbonyl (C=O) groups is 1. The van der Waals surface area contributed by atoms with Gasteiger partial charge in [-0.2, -0.15) is 0 Å². The normalized spacial score (nSPS) is 10.0. The highest BCUT2D eigenvalue weighted by Gasteiger charge is 2.01. The maximum absolute atomic E-state index is 11.3. The molecule has 14 heavy (non-hydrogen) atoms. The van der Waals surface area contributed by atoms with Crippen LogP contribution >= 0.6 is 0 Å². The summed E-state index contributed by atoms with van der Waals surface area (Å²) in [6, 6.07) is 7.68. The molecule has 3 heteroatoms. The monoisotopic (exact) mass is 192 g/mol. The van der Waals surface area contributed by atoms with Gasteiger partial charge in [-0.15, -0.1) is 0 Å². The Morgan fingerprint density at radius 3 is 2.29 bits per heavy atom. The standard InChI is InChI=1S/C11H16N2O/c1-8(2)12-11(14)13-10-6-4-9(3)5-7-10/h4-8H,1-3H3,(H2,12,13,14). The summed E-state index contributed by atoms with van der Waals surface area (Å²) in [7, 11) is 0. The molecule has 2 N–H and O–H groups in total. The lowest BCUT2D eigenvalue weighted by molar-refractivity contribution is 0.250. The van der Waals surface area contributed by atoms with Crippen molar-refractivity contribution in [3.63, 3.8) is 0 Å². The average Bonchev–Trinajstić information content (AvgIpc) is 2.07. The van der Waals surface area contributed by atoms with Gasteiger partial charge in [-0.3, -0.25) is 0 Å². The van der Waals surface area contributed by atoms with Crippen molar-refractivity contribution in [1.29, 1.82) is 0 Å². The Bertz CT molecular complexity index is 304. The van der Waals surface area contributed by atoms with Crippen LogP contribution in [0.2, 0.25) is 0 Å². The molecule has 0 saturated heterocycles. The number of hydrogen-bond acceptors (Lipinski definition) is 1. The molecule has 0 unspecified atom stereocenters. The molecule has 0 heterocycles. The fraction of sp³-hybridized carbons (Fsp3) is 0.364. The van der Waals surface area contributed by atoms with Crippen molar-refractivity contribution in [3.05, 3.63) is 29.8 Å². The first-order valence-electron chi connectivity index (χ1n) is 4.72. The fourth-order valence-corrected chi connectivity index (χ4v) is 1.07.